The van der Waals surface area contributed by atoms with E-state index in [4.69, 9.17) is 4.42 Å². The monoisotopic (exact) mass is 435 g/mol. The fourth-order valence-electron chi connectivity index (χ4n) is 6.36. The van der Waals surface area contributed by atoms with Crippen molar-refractivity contribution in [3.8, 4) is 0 Å². The number of rotatable bonds is 6. The summed E-state index contributed by atoms with van der Waals surface area (Å²) in [6.45, 7) is 3.18. The summed E-state index contributed by atoms with van der Waals surface area (Å²) in [5.41, 5.74) is 0.831. The summed E-state index contributed by atoms with van der Waals surface area (Å²) in [5, 5.41) is 2.98. The quantitative estimate of drug-likeness (QED) is 0.730. The Morgan fingerprint density at radius 3 is 2.62 bits per heavy atom. The Morgan fingerprint density at radius 2 is 1.84 bits per heavy atom. The van der Waals surface area contributed by atoms with Crippen molar-refractivity contribution in [2.75, 3.05) is 25.0 Å². The third-order valence-electron chi connectivity index (χ3n) is 7.63. The van der Waals surface area contributed by atoms with Crippen molar-refractivity contribution < 1.29 is 14.0 Å². The van der Waals surface area contributed by atoms with E-state index >= 15 is 0 Å². The fourth-order valence-corrected chi connectivity index (χ4v) is 6.36. The highest BCUT2D eigenvalue weighted by Crippen LogP contribution is 2.43. The normalized spacial score (nSPS) is 27.6. The third kappa shape index (κ3) is 4.33. The molecule has 4 atom stereocenters. The highest BCUT2D eigenvalue weighted by Gasteiger charge is 2.49. The molecule has 1 aromatic carbocycles. The first kappa shape index (κ1) is 21.3. The second kappa shape index (κ2) is 9.49. The lowest BCUT2D eigenvalue weighted by atomic mass is 9.69. The first-order chi connectivity index (χ1) is 15.7. The van der Waals surface area contributed by atoms with Crippen LogP contribution in [0.15, 0.2) is 53.1 Å². The molecule has 6 nitrogen and oxygen atoms in total. The van der Waals surface area contributed by atoms with E-state index in [2.05, 4.69) is 15.1 Å². The van der Waals surface area contributed by atoms with Crippen molar-refractivity contribution in [3.05, 3.63) is 54.5 Å². The Kier molecular flexibility index (Phi) is 6.30. The Morgan fingerprint density at radius 1 is 1.03 bits per heavy atom. The Hall–Kier alpha value is -2.60. The van der Waals surface area contributed by atoms with Gasteiger partial charge in [-0.3, -0.25) is 14.5 Å². The number of piperidine rings is 3. The van der Waals surface area contributed by atoms with E-state index in [9.17, 15) is 9.59 Å². The predicted molar refractivity (Wildman–Crippen MR) is 123 cm³/mol. The number of carbonyl (C=O) groups is 2. The number of carbonyl (C=O) groups excluding carboxylic acids is 2. The molecule has 2 aromatic rings. The van der Waals surface area contributed by atoms with Gasteiger partial charge in [-0.2, -0.15) is 0 Å². The van der Waals surface area contributed by atoms with E-state index in [0.29, 0.717) is 30.1 Å². The SMILES string of the molecule is O=C(CCC[C@@H]1[C@H]2CCCN3CCC[C@@H](CN1C(=O)c1ccco1)[C@@H]23)Nc1ccccc1. The van der Waals surface area contributed by atoms with Gasteiger partial charge < -0.3 is 14.6 Å². The second-order valence-corrected chi connectivity index (χ2v) is 9.54. The summed E-state index contributed by atoms with van der Waals surface area (Å²) < 4.78 is 5.48. The second-order valence-electron chi connectivity index (χ2n) is 9.54. The Bertz CT molecular complexity index is 912. The van der Waals surface area contributed by atoms with Crippen LogP contribution in [0.25, 0.3) is 0 Å². The molecule has 6 heteroatoms. The highest BCUT2D eigenvalue weighted by molar-refractivity contribution is 5.92. The van der Waals surface area contributed by atoms with Crippen LogP contribution in [0.5, 0.6) is 0 Å². The van der Waals surface area contributed by atoms with Crippen molar-refractivity contribution >= 4 is 17.5 Å². The first-order valence-electron chi connectivity index (χ1n) is 12.1. The van der Waals surface area contributed by atoms with Crippen LogP contribution in [0.3, 0.4) is 0 Å². The average Bonchev–Trinajstić information content (AvgIpc) is 3.36. The van der Waals surface area contributed by atoms with E-state index in [1.807, 2.05) is 30.3 Å². The van der Waals surface area contributed by atoms with Crippen LogP contribution in [0, 0.1) is 11.8 Å². The van der Waals surface area contributed by atoms with E-state index in [0.717, 1.165) is 25.1 Å². The molecule has 0 unspecified atom stereocenters. The lowest BCUT2D eigenvalue weighted by Crippen LogP contribution is -2.65. The van der Waals surface area contributed by atoms with Crippen molar-refractivity contribution in [1.29, 1.82) is 0 Å². The van der Waals surface area contributed by atoms with Crippen molar-refractivity contribution in [1.82, 2.24) is 9.80 Å². The number of anilines is 1. The van der Waals surface area contributed by atoms with Gasteiger partial charge in [-0.15, -0.1) is 0 Å². The number of hydrogen-bond donors (Lipinski definition) is 1. The third-order valence-corrected chi connectivity index (χ3v) is 7.63. The van der Waals surface area contributed by atoms with Crippen LogP contribution < -0.4 is 5.32 Å². The molecule has 1 N–H and O–H groups in total. The van der Waals surface area contributed by atoms with Crippen LogP contribution in [0.2, 0.25) is 0 Å². The molecule has 1 aromatic heterocycles. The lowest BCUT2D eigenvalue weighted by Gasteiger charge is -2.57. The lowest BCUT2D eigenvalue weighted by molar-refractivity contribution is -0.116. The molecule has 32 heavy (non-hydrogen) atoms. The molecule has 4 heterocycles. The van der Waals surface area contributed by atoms with Crippen LogP contribution in [-0.4, -0.2) is 53.3 Å². The fraction of sp³-hybridized carbons (Fsp3) is 0.538. The summed E-state index contributed by atoms with van der Waals surface area (Å²) in [6, 6.07) is 13.9. The standard InChI is InChI=1S/C26H33N3O3/c30-24(27-20-9-2-1-3-10-20)14-4-12-22-21-11-6-16-28-15-5-8-19(25(21)28)18-29(22)26(31)23-13-7-17-32-23/h1-3,7,9-10,13,17,19,21-22,25H,4-6,8,11-12,14-16,18H2,(H,27,30)/t19-,21+,22+,25-/m0/s1. The van der Waals surface area contributed by atoms with E-state index in [1.54, 1.807) is 18.4 Å². The van der Waals surface area contributed by atoms with Crippen molar-refractivity contribution in [2.45, 2.75) is 57.0 Å². The van der Waals surface area contributed by atoms with E-state index < -0.39 is 0 Å². The molecule has 3 saturated heterocycles. The maximum Gasteiger partial charge on any atom is 0.289 e. The number of likely N-dealkylation sites (tertiary alicyclic amines) is 1. The van der Waals surface area contributed by atoms with Gasteiger partial charge >= 0.3 is 0 Å². The first-order valence-corrected chi connectivity index (χ1v) is 12.1. The van der Waals surface area contributed by atoms with Gasteiger partial charge in [0, 0.05) is 30.7 Å². The predicted octanol–water partition coefficient (Wildman–Crippen LogP) is 4.40. The molecule has 2 amide bonds. The molecule has 0 radical (unpaired) electrons. The summed E-state index contributed by atoms with van der Waals surface area (Å²) in [6.07, 6.45) is 8.47. The molecule has 0 spiro atoms. The number of furan rings is 1. The summed E-state index contributed by atoms with van der Waals surface area (Å²) >= 11 is 0. The minimum absolute atomic E-state index is 0.00915. The zero-order valence-corrected chi connectivity index (χ0v) is 18.6. The van der Waals surface area contributed by atoms with Gasteiger partial charge in [0.25, 0.3) is 5.91 Å². The molecule has 3 aliphatic heterocycles. The van der Waals surface area contributed by atoms with E-state index in [-0.39, 0.29) is 17.9 Å². The average molecular weight is 436 g/mol. The highest BCUT2D eigenvalue weighted by atomic mass is 16.3. The van der Waals surface area contributed by atoms with Gasteiger partial charge in [0.15, 0.2) is 5.76 Å². The van der Waals surface area contributed by atoms with Gasteiger partial charge in [-0.05, 0) is 87.7 Å². The topological polar surface area (TPSA) is 65.8 Å². The van der Waals surface area contributed by atoms with Gasteiger partial charge in [0.2, 0.25) is 5.91 Å². The summed E-state index contributed by atoms with van der Waals surface area (Å²) in [5.74, 6) is 1.51. The maximum atomic E-state index is 13.4. The van der Waals surface area contributed by atoms with Crippen LogP contribution in [0.4, 0.5) is 5.69 Å². The van der Waals surface area contributed by atoms with E-state index in [1.165, 1.54) is 38.8 Å². The van der Waals surface area contributed by atoms with Gasteiger partial charge in [-0.1, -0.05) is 18.2 Å². The van der Waals surface area contributed by atoms with Crippen molar-refractivity contribution in [3.63, 3.8) is 0 Å². The number of para-hydroxylation sites is 1. The number of nitrogens with zero attached hydrogens (tertiary/aromatic N) is 2. The molecular formula is C26H33N3O3. The molecule has 5 rings (SSSR count). The molecular weight excluding hydrogens is 402 g/mol. The van der Waals surface area contributed by atoms with Gasteiger partial charge in [0.05, 0.1) is 6.26 Å². The van der Waals surface area contributed by atoms with Gasteiger partial charge in [-0.25, -0.2) is 0 Å². The molecule has 0 saturated carbocycles. The van der Waals surface area contributed by atoms with Crippen LogP contribution >= 0.6 is 0 Å². The van der Waals surface area contributed by atoms with Crippen LogP contribution in [0.1, 0.15) is 55.5 Å². The molecule has 170 valence electrons. The number of amides is 2. The summed E-state index contributed by atoms with van der Waals surface area (Å²) in [4.78, 5) is 30.6. The van der Waals surface area contributed by atoms with Crippen LogP contribution in [-0.2, 0) is 4.79 Å². The Labute approximate surface area is 189 Å². The molecule has 0 bridgehead atoms. The number of hydrogen-bond acceptors (Lipinski definition) is 4. The number of benzene rings is 1. The smallest absolute Gasteiger partial charge is 0.289 e. The zero-order chi connectivity index (χ0) is 21.9. The minimum atomic E-state index is 0.00915. The minimum Gasteiger partial charge on any atom is -0.459 e. The molecule has 0 aliphatic carbocycles. The molecule has 3 fully saturated rings. The summed E-state index contributed by atoms with van der Waals surface area (Å²) in [7, 11) is 0. The number of nitrogens with one attached hydrogen (secondary N) is 1. The zero-order valence-electron chi connectivity index (χ0n) is 18.6. The maximum absolute atomic E-state index is 13.4. The largest absolute Gasteiger partial charge is 0.459 e. The van der Waals surface area contributed by atoms with Crippen molar-refractivity contribution in [2.24, 2.45) is 11.8 Å². The Balaban J connectivity index is 1.29. The van der Waals surface area contributed by atoms with Gasteiger partial charge in [0.1, 0.15) is 0 Å². The molecule has 3 aliphatic rings.